The van der Waals surface area contributed by atoms with Gasteiger partial charge in [0, 0.05) is 12.5 Å². The molecule has 0 spiro atoms. The molecule has 3 nitrogen and oxygen atoms in total. The molecule has 0 aromatic rings. The number of aliphatic hydroxyl groups excluding tert-OH is 1. The van der Waals surface area contributed by atoms with Gasteiger partial charge in [-0.05, 0) is 24.7 Å². The highest BCUT2D eigenvalue weighted by atomic mass is 16.3. The molecule has 2 unspecified atom stereocenters. The number of hydrogen-bond acceptors (Lipinski definition) is 2. The molecule has 0 aliphatic carbocycles. The van der Waals surface area contributed by atoms with Crippen LogP contribution in [0.1, 0.15) is 97.8 Å². The van der Waals surface area contributed by atoms with E-state index in [-0.39, 0.29) is 24.3 Å². The van der Waals surface area contributed by atoms with Crippen molar-refractivity contribution in [2.75, 3.05) is 6.61 Å². The summed E-state index contributed by atoms with van der Waals surface area (Å²) in [7, 11) is 0. The van der Waals surface area contributed by atoms with Crippen LogP contribution in [-0.2, 0) is 4.79 Å². The van der Waals surface area contributed by atoms with Gasteiger partial charge in [0.05, 0.1) is 0 Å². The summed E-state index contributed by atoms with van der Waals surface area (Å²) in [5.74, 6) is 0.515. The number of nitrogens with two attached hydrogens (primary N) is 1. The molecule has 0 bridgehead atoms. The van der Waals surface area contributed by atoms with Gasteiger partial charge in [-0.25, -0.2) is 0 Å². The Hall–Kier alpha value is -0.570. The molecule has 0 aliphatic heterocycles. The van der Waals surface area contributed by atoms with Gasteiger partial charge in [-0.3, -0.25) is 4.79 Å². The van der Waals surface area contributed by atoms with Gasteiger partial charge in [0.2, 0.25) is 5.91 Å². The third-order valence-electron chi connectivity index (χ3n) is 4.88. The summed E-state index contributed by atoms with van der Waals surface area (Å²) >= 11 is 0. The first-order chi connectivity index (χ1) is 11.0. The zero-order valence-corrected chi connectivity index (χ0v) is 15.9. The Bertz CT molecular complexity index is 279. The van der Waals surface area contributed by atoms with Crippen molar-refractivity contribution in [3.63, 3.8) is 0 Å². The van der Waals surface area contributed by atoms with Crippen LogP contribution in [0.2, 0.25) is 0 Å². The number of hydrogen-bond donors (Lipinski definition) is 2. The Labute approximate surface area is 144 Å². The van der Waals surface area contributed by atoms with E-state index in [0.29, 0.717) is 0 Å². The van der Waals surface area contributed by atoms with E-state index in [1.807, 2.05) is 0 Å². The zero-order valence-electron chi connectivity index (χ0n) is 15.9. The Balaban J connectivity index is 3.65. The van der Waals surface area contributed by atoms with Crippen molar-refractivity contribution in [2.24, 2.45) is 23.5 Å². The first kappa shape index (κ1) is 22.4. The van der Waals surface area contributed by atoms with E-state index >= 15 is 0 Å². The van der Waals surface area contributed by atoms with Gasteiger partial charge in [-0.2, -0.15) is 0 Å². The molecule has 0 aromatic carbocycles. The molecule has 0 radical (unpaired) electrons. The lowest BCUT2D eigenvalue weighted by Crippen LogP contribution is -2.32. The van der Waals surface area contributed by atoms with Gasteiger partial charge in [0.15, 0.2) is 0 Å². The molecule has 3 N–H and O–H groups in total. The van der Waals surface area contributed by atoms with Crippen molar-refractivity contribution in [2.45, 2.75) is 97.8 Å². The third-order valence-corrected chi connectivity index (χ3v) is 4.88. The van der Waals surface area contributed by atoms with Gasteiger partial charge < -0.3 is 10.8 Å². The Kier molecular flexibility index (Phi) is 14.6. The average Bonchev–Trinajstić information content (AvgIpc) is 2.50. The predicted molar refractivity (Wildman–Crippen MR) is 99.2 cm³/mol. The lowest BCUT2D eigenvalue weighted by atomic mass is 9.84. The maximum atomic E-state index is 11.6. The Morgan fingerprint density at radius 1 is 0.870 bits per heavy atom. The van der Waals surface area contributed by atoms with Crippen molar-refractivity contribution < 1.29 is 9.90 Å². The smallest absolute Gasteiger partial charge is 0.220 e. The zero-order chi connectivity index (χ0) is 17.5. The molecule has 0 saturated carbocycles. The number of aliphatic hydroxyl groups is 1. The van der Waals surface area contributed by atoms with E-state index in [4.69, 9.17) is 5.73 Å². The van der Waals surface area contributed by atoms with E-state index < -0.39 is 0 Å². The normalized spacial score (nSPS) is 14.1. The number of amides is 1. The molecular formula is C20H41NO2. The lowest BCUT2D eigenvalue weighted by Gasteiger charge is -2.22. The minimum atomic E-state index is -0.234. The standard InChI is InChI=1S/C20H41NO2/c1-4-13-18(16-22)19(20(21)23)15-12-10-8-6-5-7-9-11-14-17(2)3/h17-19,22H,4-16H2,1-3H3,(H2,21,23). The minimum absolute atomic E-state index is 0.0541. The summed E-state index contributed by atoms with van der Waals surface area (Å²) in [6.45, 7) is 6.75. The molecular weight excluding hydrogens is 286 g/mol. The fourth-order valence-corrected chi connectivity index (χ4v) is 3.38. The summed E-state index contributed by atoms with van der Waals surface area (Å²) < 4.78 is 0. The number of primary amides is 1. The van der Waals surface area contributed by atoms with Crippen LogP contribution in [0.5, 0.6) is 0 Å². The topological polar surface area (TPSA) is 63.3 Å². The highest BCUT2D eigenvalue weighted by molar-refractivity contribution is 5.76. The van der Waals surface area contributed by atoms with Gasteiger partial charge in [0.25, 0.3) is 0 Å². The highest BCUT2D eigenvalue weighted by Gasteiger charge is 2.24. The van der Waals surface area contributed by atoms with Crippen molar-refractivity contribution in [3.8, 4) is 0 Å². The molecule has 0 heterocycles. The Morgan fingerprint density at radius 3 is 1.74 bits per heavy atom. The van der Waals surface area contributed by atoms with Crippen LogP contribution in [0.15, 0.2) is 0 Å². The molecule has 138 valence electrons. The lowest BCUT2D eigenvalue weighted by molar-refractivity contribution is -0.124. The average molecular weight is 328 g/mol. The predicted octanol–water partition coefficient (Wildman–Crippen LogP) is 5.05. The van der Waals surface area contributed by atoms with E-state index in [2.05, 4.69) is 20.8 Å². The van der Waals surface area contributed by atoms with Gasteiger partial charge >= 0.3 is 0 Å². The first-order valence-corrected chi connectivity index (χ1v) is 9.93. The van der Waals surface area contributed by atoms with Crippen LogP contribution in [0.3, 0.4) is 0 Å². The summed E-state index contributed by atoms with van der Waals surface area (Å²) in [5.41, 5.74) is 5.52. The second-order valence-electron chi connectivity index (χ2n) is 7.54. The molecule has 0 aromatic heterocycles. The maximum Gasteiger partial charge on any atom is 0.220 e. The van der Waals surface area contributed by atoms with Crippen LogP contribution < -0.4 is 5.73 Å². The molecule has 0 rings (SSSR count). The minimum Gasteiger partial charge on any atom is -0.396 e. The fourth-order valence-electron chi connectivity index (χ4n) is 3.38. The number of unbranched alkanes of at least 4 members (excludes halogenated alkanes) is 7. The first-order valence-electron chi connectivity index (χ1n) is 9.93. The fraction of sp³-hybridized carbons (Fsp3) is 0.950. The van der Waals surface area contributed by atoms with Crippen LogP contribution in [-0.4, -0.2) is 17.6 Å². The van der Waals surface area contributed by atoms with Crippen LogP contribution >= 0.6 is 0 Å². The van der Waals surface area contributed by atoms with Crippen LogP contribution in [0, 0.1) is 17.8 Å². The van der Waals surface area contributed by atoms with Gasteiger partial charge in [-0.15, -0.1) is 0 Å². The van der Waals surface area contributed by atoms with Crippen molar-refractivity contribution in [1.29, 1.82) is 0 Å². The van der Waals surface area contributed by atoms with Crippen molar-refractivity contribution in [1.82, 2.24) is 0 Å². The van der Waals surface area contributed by atoms with E-state index in [1.54, 1.807) is 0 Å². The van der Waals surface area contributed by atoms with E-state index in [9.17, 15) is 9.90 Å². The summed E-state index contributed by atoms with van der Waals surface area (Å²) in [4.78, 5) is 11.6. The molecule has 23 heavy (non-hydrogen) atoms. The summed E-state index contributed by atoms with van der Waals surface area (Å²) in [6.07, 6.45) is 14.3. The van der Waals surface area contributed by atoms with E-state index in [1.165, 1.54) is 51.4 Å². The number of carbonyl (C=O) groups is 1. The molecule has 0 fully saturated rings. The third kappa shape index (κ3) is 12.5. The van der Waals surface area contributed by atoms with Crippen LogP contribution in [0.25, 0.3) is 0 Å². The summed E-state index contributed by atoms with van der Waals surface area (Å²) in [6, 6.07) is 0. The largest absolute Gasteiger partial charge is 0.396 e. The second-order valence-corrected chi connectivity index (χ2v) is 7.54. The van der Waals surface area contributed by atoms with Gasteiger partial charge in [-0.1, -0.05) is 85.0 Å². The van der Waals surface area contributed by atoms with Crippen molar-refractivity contribution in [3.05, 3.63) is 0 Å². The monoisotopic (exact) mass is 327 g/mol. The number of carbonyl (C=O) groups excluding carboxylic acids is 1. The van der Waals surface area contributed by atoms with Crippen molar-refractivity contribution >= 4 is 5.91 Å². The number of rotatable bonds is 16. The SMILES string of the molecule is CCCC(CO)C(CCCCCCCCCCC(C)C)C(N)=O. The highest BCUT2D eigenvalue weighted by Crippen LogP contribution is 2.23. The molecule has 1 amide bonds. The molecule has 0 saturated heterocycles. The Morgan fingerprint density at radius 2 is 1.35 bits per heavy atom. The molecule has 2 atom stereocenters. The molecule has 3 heteroatoms. The summed E-state index contributed by atoms with van der Waals surface area (Å²) in [5, 5.41) is 9.45. The van der Waals surface area contributed by atoms with Gasteiger partial charge in [0.1, 0.15) is 0 Å². The second kappa shape index (κ2) is 15.0. The van der Waals surface area contributed by atoms with E-state index in [0.717, 1.165) is 31.6 Å². The van der Waals surface area contributed by atoms with Crippen LogP contribution in [0.4, 0.5) is 0 Å². The maximum absolute atomic E-state index is 11.6. The molecule has 0 aliphatic rings. The quantitative estimate of drug-likeness (QED) is 0.389.